The Morgan fingerprint density at radius 3 is 2.71 bits per heavy atom. The number of Topliss-reactive ketones (excluding diaryl/α,β-unsaturated/α-hetero) is 1. The van der Waals surface area contributed by atoms with Gasteiger partial charge in [-0.05, 0) is 29.3 Å². The Hall–Kier alpha value is -2.25. The van der Waals surface area contributed by atoms with E-state index in [4.69, 9.17) is 4.42 Å². The second-order valence-electron chi connectivity index (χ2n) is 5.15. The summed E-state index contributed by atoms with van der Waals surface area (Å²) < 4.78 is 5.40. The van der Waals surface area contributed by atoms with E-state index in [0.29, 0.717) is 37.4 Å². The first-order valence-electron chi connectivity index (χ1n) is 7.54. The molecule has 0 aromatic carbocycles. The molecule has 0 saturated heterocycles. The standard InChI is InChI=1S/C17H16N2O3S2/c20-13(14-5-2-8-23-14)4-1-7-16(21)18-10-12-11-22-17(19-12)15-6-3-9-24-15/h2-3,5-6,8-9,11H,1,4,7,10H2,(H,18,21). The Bertz CT molecular complexity index is 792. The molecule has 7 heteroatoms. The van der Waals surface area contributed by atoms with Gasteiger partial charge in [-0.15, -0.1) is 22.7 Å². The van der Waals surface area contributed by atoms with Gasteiger partial charge in [0.2, 0.25) is 11.8 Å². The first-order chi connectivity index (χ1) is 11.7. The lowest BCUT2D eigenvalue weighted by Gasteiger charge is -2.02. The number of hydrogen-bond acceptors (Lipinski definition) is 6. The molecule has 0 atom stereocenters. The Labute approximate surface area is 147 Å². The van der Waals surface area contributed by atoms with Gasteiger partial charge < -0.3 is 9.73 Å². The number of oxazole rings is 1. The fourth-order valence-electron chi connectivity index (χ4n) is 2.15. The van der Waals surface area contributed by atoms with Crippen LogP contribution in [0.15, 0.2) is 45.7 Å². The van der Waals surface area contributed by atoms with Crippen molar-refractivity contribution < 1.29 is 14.0 Å². The van der Waals surface area contributed by atoms with Crippen LogP contribution in [0, 0.1) is 0 Å². The number of nitrogens with zero attached hydrogens (tertiary/aromatic N) is 1. The van der Waals surface area contributed by atoms with E-state index in [1.54, 1.807) is 17.6 Å². The zero-order chi connectivity index (χ0) is 16.8. The number of nitrogens with one attached hydrogen (secondary N) is 1. The summed E-state index contributed by atoms with van der Waals surface area (Å²) in [5.41, 5.74) is 0.682. The monoisotopic (exact) mass is 360 g/mol. The van der Waals surface area contributed by atoms with E-state index in [0.717, 1.165) is 9.75 Å². The minimum atomic E-state index is -0.0883. The molecule has 124 valence electrons. The van der Waals surface area contributed by atoms with Crippen LogP contribution in [0.2, 0.25) is 0 Å². The maximum absolute atomic E-state index is 11.8. The van der Waals surface area contributed by atoms with Gasteiger partial charge in [0, 0.05) is 12.8 Å². The topological polar surface area (TPSA) is 72.2 Å². The highest BCUT2D eigenvalue weighted by Crippen LogP contribution is 2.23. The predicted molar refractivity (Wildman–Crippen MR) is 94.2 cm³/mol. The van der Waals surface area contributed by atoms with Crippen LogP contribution < -0.4 is 5.32 Å². The summed E-state index contributed by atoms with van der Waals surface area (Å²) in [6, 6.07) is 7.53. The van der Waals surface area contributed by atoms with E-state index in [2.05, 4.69) is 10.3 Å². The van der Waals surface area contributed by atoms with Crippen LogP contribution in [-0.4, -0.2) is 16.7 Å². The average molecular weight is 360 g/mol. The van der Waals surface area contributed by atoms with Crippen LogP contribution in [0.25, 0.3) is 10.8 Å². The maximum Gasteiger partial charge on any atom is 0.236 e. The third-order valence-corrected chi connectivity index (χ3v) is 5.12. The molecule has 1 N–H and O–H groups in total. The quantitative estimate of drug-likeness (QED) is 0.613. The maximum atomic E-state index is 11.8. The number of thiophene rings is 2. The Morgan fingerprint density at radius 2 is 1.96 bits per heavy atom. The van der Waals surface area contributed by atoms with Crippen molar-refractivity contribution in [3.63, 3.8) is 0 Å². The molecule has 0 fully saturated rings. The Morgan fingerprint density at radius 1 is 1.12 bits per heavy atom. The largest absolute Gasteiger partial charge is 0.443 e. The van der Waals surface area contributed by atoms with E-state index in [1.807, 2.05) is 35.0 Å². The molecule has 3 aromatic heterocycles. The second-order valence-corrected chi connectivity index (χ2v) is 7.05. The molecule has 3 heterocycles. The van der Waals surface area contributed by atoms with E-state index < -0.39 is 0 Å². The average Bonchev–Trinajstić information content (AvgIpc) is 3.34. The molecule has 0 bridgehead atoms. The van der Waals surface area contributed by atoms with Crippen LogP contribution >= 0.6 is 22.7 Å². The van der Waals surface area contributed by atoms with E-state index in [-0.39, 0.29) is 11.7 Å². The number of carbonyl (C=O) groups is 2. The number of aromatic nitrogens is 1. The van der Waals surface area contributed by atoms with Gasteiger partial charge in [0.15, 0.2) is 5.78 Å². The minimum Gasteiger partial charge on any atom is -0.443 e. The minimum absolute atomic E-state index is 0.0883. The van der Waals surface area contributed by atoms with Crippen LogP contribution in [0.3, 0.4) is 0 Å². The number of hydrogen-bond donors (Lipinski definition) is 1. The Balaban J connectivity index is 1.39. The van der Waals surface area contributed by atoms with Crippen molar-refractivity contribution in [2.45, 2.75) is 25.8 Å². The molecule has 24 heavy (non-hydrogen) atoms. The lowest BCUT2D eigenvalue weighted by atomic mass is 10.1. The van der Waals surface area contributed by atoms with Gasteiger partial charge in [0.1, 0.15) is 6.26 Å². The molecule has 3 aromatic rings. The lowest BCUT2D eigenvalue weighted by Crippen LogP contribution is -2.22. The normalized spacial score (nSPS) is 10.7. The number of rotatable bonds is 8. The third-order valence-electron chi connectivity index (χ3n) is 3.35. The lowest BCUT2D eigenvalue weighted by molar-refractivity contribution is -0.121. The van der Waals surface area contributed by atoms with Gasteiger partial charge in [0.05, 0.1) is 22.0 Å². The molecule has 0 spiro atoms. The first kappa shape index (κ1) is 16.6. The van der Waals surface area contributed by atoms with Crippen molar-refractivity contribution in [2.75, 3.05) is 0 Å². The molecule has 0 aliphatic rings. The molecular weight excluding hydrogens is 344 g/mol. The number of carbonyl (C=O) groups excluding carboxylic acids is 2. The molecule has 0 aliphatic heterocycles. The number of ketones is 1. The fourth-order valence-corrected chi connectivity index (χ4v) is 3.50. The molecule has 0 saturated carbocycles. The van der Waals surface area contributed by atoms with Crippen molar-refractivity contribution in [1.82, 2.24) is 10.3 Å². The van der Waals surface area contributed by atoms with Crippen LogP contribution in [0.1, 0.15) is 34.6 Å². The Kier molecular flexibility index (Phi) is 5.55. The highest BCUT2D eigenvalue weighted by Gasteiger charge is 2.10. The highest BCUT2D eigenvalue weighted by molar-refractivity contribution is 7.13. The molecule has 0 aliphatic carbocycles. The predicted octanol–water partition coefficient (Wildman–Crippen LogP) is 4.13. The van der Waals surface area contributed by atoms with Crippen molar-refractivity contribution in [3.8, 4) is 10.8 Å². The van der Waals surface area contributed by atoms with Crippen LogP contribution in [-0.2, 0) is 11.3 Å². The number of amides is 1. The zero-order valence-electron chi connectivity index (χ0n) is 12.9. The van der Waals surface area contributed by atoms with Crippen molar-refractivity contribution in [3.05, 3.63) is 51.9 Å². The SMILES string of the molecule is O=C(CCCC(=O)c1cccs1)NCc1coc(-c2cccs2)n1. The first-order valence-corrected chi connectivity index (χ1v) is 9.30. The highest BCUT2D eigenvalue weighted by atomic mass is 32.1. The zero-order valence-corrected chi connectivity index (χ0v) is 14.5. The van der Waals surface area contributed by atoms with E-state index in [9.17, 15) is 9.59 Å². The van der Waals surface area contributed by atoms with E-state index >= 15 is 0 Å². The van der Waals surface area contributed by atoms with Crippen molar-refractivity contribution >= 4 is 34.4 Å². The molecule has 0 unspecified atom stereocenters. The summed E-state index contributed by atoms with van der Waals surface area (Å²) in [7, 11) is 0. The third kappa shape index (κ3) is 4.39. The van der Waals surface area contributed by atoms with Crippen molar-refractivity contribution in [1.29, 1.82) is 0 Å². The molecular formula is C17H16N2O3S2. The summed E-state index contributed by atoms with van der Waals surface area (Å²) in [6.45, 7) is 0.326. The summed E-state index contributed by atoms with van der Waals surface area (Å²) in [5, 5.41) is 6.63. The van der Waals surface area contributed by atoms with Gasteiger partial charge in [-0.25, -0.2) is 4.98 Å². The van der Waals surface area contributed by atoms with Gasteiger partial charge in [-0.2, -0.15) is 0 Å². The summed E-state index contributed by atoms with van der Waals surface area (Å²) in [4.78, 5) is 29.7. The van der Waals surface area contributed by atoms with Gasteiger partial charge in [-0.3, -0.25) is 9.59 Å². The second kappa shape index (κ2) is 8.03. The van der Waals surface area contributed by atoms with Gasteiger partial charge in [0.25, 0.3) is 0 Å². The van der Waals surface area contributed by atoms with Crippen LogP contribution in [0.4, 0.5) is 0 Å². The van der Waals surface area contributed by atoms with Gasteiger partial charge in [-0.1, -0.05) is 12.1 Å². The van der Waals surface area contributed by atoms with E-state index in [1.165, 1.54) is 11.3 Å². The van der Waals surface area contributed by atoms with Crippen molar-refractivity contribution in [2.24, 2.45) is 0 Å². The smallest absolute Gasteiger partial charge is 0.236 e. The van der Waals surface area contributed by atoms with Crippen LogP contribution in [0.5, 0.6) is 0 Å². The molecule has 0 radical (unpaired) electrons. The molecule has 5 nitrogen and oxygen atoms in total. The fraction of sp³-hybridized carbons (Fsp3) is 0.235. The summed E-state index contributed by atoms with van der Waals surface area (Å²) >= 11 is 2.98. The summed E-state index contributed by atoms with van der Waals surface area (Å²) in [5.74, 6) is 0.570. The molecule has 3 rings (SSSR count). The molecule has 1 amide bonds. The van der Waals surface area contributed by atoms with Gasteiger partial charge >= 0.3 is 0 Å². The summed E-state index contributed by atoms with van der Waals surface area (Å²) in [6.07, 6.45) is 2.81.